The summed E-state index contributed by atoms with van der Waals surface area (Å²) in [7, 11) is 0. The number of unbranched alkanes of at least 4 members (excludes halogenated alkanes) is 9. The van der Waals surface area contributed by atoms with E-state index in [-0.39, 0.29) is 23.4 Å². The molecule has 0 aliphatic carbocycles. The quantitative estimate of drug-likeness (QED) is 0.135. The van der Waals surface area contributed by atoms with E-state index in [9.17, 15) is 9.59 Å². The molecule has 0 atom stereocenters. The van der Waals surface area contributed by atoms with Crippen molar-refractivity contribution in [2.45, 2.75) is 117 Å². The second kappa shape index (κ2) is 16.5. The molecule has 0 spiro atoms. The summed E-state index contributed by atoms with van der Waals surface area (Å²) >= 11 is 0. The molecular weight excluding hydrogens is 480 g/mol. The Labute approximate surface area is 227 Å². The first kappa shape index (κ1) is 30.9. The Morgan fingerprint density at radius 1 is 0.921 bits per heavy atom. The van der Waals surface area contributed by atoms with Crippen molar-refractivity contribution in [1.29, 1.82) is 0 Å². The van der Waals surface area contributed by atoms with E-state index in [1.165, 1.54) is 56.2 Å². The van der Waals surface area contributed by atoms with Gasteiger partial charge in [0.05, 0.1) is 6.54 Å². The van der Waals surface area contributed by atoms with Crippen LogP contribution in [0.15, 0.2) is 23.3 Å². The van der Waals surface area contributed by atoms with Gasteiger partial charge in [-0.25, -0.2) is 10.2 Å². The lowest BCUT2D eigenvalue weighted by molar-refractivity contribution is -0.110. The number of hydrazone groups is 1. The minimum absolute atomic E-state index is 0.0245. The predicted molar refractivity (Wildman–Crippen MR) is 152 cm³/mol. The second-order valence-electron chi connectivity index (χ2n) is 10.4. The summed E-state index contributed by atoms with van der Waals surface area (Å²) in [5.41, 5.74) is 9.91. The van der Waals surface area contributed by atoms with Crippen molar-refractivity contribution < 1.29 is 9.59 Å². The van der Waals surface area contributed by atoms with Gasteiger partial charge in [-0.05, 0) is 34.6 Å². The number of aromatic nitrogens is 4. The highest BCUT2D eigenvalue weighted by Gasteiger charge is 2.24. The van der Waals surface area contributed by atoms with Gasteiger partial charge in [0.1, 0.15) is 0 Å². The molecule has 0 fully saturated rings. The average Bonchev–Trinajstić information content (AvgIpc) is 3.33. The van der Waals surface area contributed by atoms with Crippen LogP contribution in [0.2, 0.25) is 0 Å². The zero-order chi connectivity index (χ0) is 27.9. The number of carbonyl (C=O) groups is 2. The van der Waals surface area contributed by atoms with Crippen LogP contribution >= 0.6 is 0 Å². The third-order valence-electron chi connectivity index (χ3n) is 6.48. The molecule has 3 amide bonds. The van der Waals surface area contributed by atoms with Crippen molar-refractivity contribution in [3.8, 4) is 0 Å². The van der Waals surface area contributed by atoms with Crippen molar-refractivity contribution in [3.05, 3.63) is 35.2 Å². The molecule has 0 radical (unpaired) electrons. The largest absolute Gasteiger partial charge is 0.350 e. The number of para-hydroxylation sites is 1. The summed E-state index contributed by atoms with van der Waals surface area (Å²) in [6.07, 6.45) is 12.3. The number of nitrogens with two attached hydrogens (primary N) is 1. The normalized spacial score (nSPS) is 11.8. The fraction of sp³-hybridized carbons (Fsp3) is 0.643. The summed E-state index contributed by atoms with van der Waals surface area (Å²) in [5, 5.41) is 19.4. The highest BCUT2D eigenvalue weighted by molar-refractivity contribution is 6.48. The summed E-state index contributed by atoms with van der Waals surface area (Å²) in [5.74, 6) is -0.148. The van der Waals surface area contributed by atoms with Gasteiger partial charge in [-0.1, -0.05) is 111 Å². The number of aryl methyl sites for hydroxylation is 1. The number of hydrogen-bond acceptors (Lipinski definition) is 6. The fourth-order valence-corrected chi connectivity index (χ4v) is 4.35. The highest BCUT2D eigenvalue weighted by Crippen LogP contribution is 2.32. The van der Waals surface area contributed by atoms with Crippen LogP contribution in [-0.2, 0) is 11.3 Å². The van der Waals surface area contributed by atoms with Gasteiger partial charge in [0, 0.05) is 5.69 Å². The van der Waals surface area contributed by atoms with Gasteiger partial charge in [0.25, 0.3) is 5.91 Å². The molecule has 0 bridgehead atoms. The van der Waals surface area contributed by atoms with E-state index >= 15 is 0 Å². The van der Waals surface area contributed by atoms with Crippen LogP contribution in [0, 0.1) is 0 Å². The van der Waals surface area contributed by atoms with E-state index in [0.29, 0.717) is 6.54 Å². The molecule has 2 aromatic rings. The Balaban J connectivity index is 2.03. The number of urea groups is 1. The lowest BCUT2D eigenvalue weighted by Gasteiger charge is -2.20. The number of hydrogen-bond donors (Lipinski definition) is 3. The average molecular weight is 527 g/mol. The van der Waals surface area contributed by atoms with Crippen LogP contribution in [0.4, 0.5) is 10.5 Å². The van der Waals surface area contributed by atoms with Crippen LogP contribution in [0.3, 0.4) is 0 Å². The number of anilines is 1. The van der Waals surface area contributed by atoms with Crippen LogP contribution in [0.5, 0.6) is 0 Å². The van der Waals surface area contributed by atoms with Crippen molar-refractivity contribution in [3.63, 3.8) is 0 Å². The summed E-state index contributed by atoms with van der Waals surface area (Å²) in [4.78, 5) is 26.2. The monoisotopic (exact) mass is 526 g/mol. The fourth-order valence-electron chi connectivity index (χ4n) is 4.35. The number of carbonyl (C=O) groups excluding carboxylic acids is 2. The molecule has 210 valence electrons. The number of primary amides is 1. The van der Waals surface area contributed by atoms with E-state index < -0.39 is 11.9 Å². The minimum atomic E-state index is -0.890. The molecule has 38 heavy (non-hydrogen) atoms. The topological polar surface area (TPSA) is 140 Å². The summed E-state index contributed by atoms with van der Waals surface area (Å²) in [6.45, 7) is 11.1. The molecule has 0 saturated heterocycles. The highest BCUT2D eigenvalue weighted by atomic mass is 16.2. The zero-order valence-corrected chi connectivity index (χ0v) is 23.8. The molecule has 1 heterocycles. The smallest absolute Gasteiger partial charge is 0.332 e. The molecular formula is C28H46N8O2. The van der Waals surface area contributed by atoms with E-state index in [2.05, 4.69) is 65.9 Å². The van der Waals surface area contributed by atoms with Gasteiger partial charge in [-0.2, -0.15) is 9.90 Å². The van der Waals surface area contributed by atoms with E-state index in [0.717, 1.165) is 29.7 Å². The Morgan fingerprint density at radius 2 is 1.47 bits per heavy atom. The number of benzene rings is 1. The van der Waals surface area contributed by atoms with Crippen molar-refractivity contribution in [2.24, 2.45) is 10.8 Å². The number of tetrazole rings is 1. The van der Waals surface area contributed by atoms with Gasteiger partial charge in [-0.3, -0.25) is 4.79 Å². The number of amides is 3. The van der Waals surface area contributed by atoms with Crippen LogP contribution in [0.1, 0.15) is 128 Å². The molecule has 10 nitrogen and oxygen atoms in total. The molecule has 10 heteroatoms. The Bertz CT molecular complexity index is 1020. The van der Waals surface area contributed by atoms with E-state index in [1.54, 1.807) is 0 Å². The first-order valence-corrected chi connectivity index (χ1v) is 14.1. The van der Waals surface area contributed by atoms with Crippen LogP contribution in [-0.4, -0.2) is 37.9 Å². The van der Waals surface area contributed by atoms with E-state index in [4.69, 9.17) is 5.73 Å². The lowest BCUT2D eigenvalue weighted by atomic mass is 9.92. The molecule has 1 aromatic carbocycles. The van der Waals surface area contributed by atoms with Gasteiger partial charge in [0.2, 0.25) is 5.82 Å². The predicted octanol–water partition coefficient (Wildman–Crippen LogP) is 5.85. The van der Waals surface area contributed by atoms with E-state index in [1.807, 2.05) is 18.2 Å². The van der Waals surface area contributed by atoms with Crippen LogP contribution in [0.25, 0.3) is 0 Å². The second-order valence-corrected chi connectivity index (χ2v) is 10.4. The molecule has 2 rings (SSSR count). The number of rotatable bonds is 17. The maximum Gasteiger partial charge on any atom is 0.332 e. The van der Waals surface area contributed by atoms with Gasteiger partial charge in [0.15, 0.2) is 5.71 Å². The summed E-state index contributed by atoms with van der Waals surface area (Å²) in [6, 6.07) is 5.08. The third-order valence-corrected chi connectivity index (χ3v) is 6.48. The Hall–Kier alpha value is -3.30. The first-order valence-electron chi connectivity index (χ1n) is 14.1. The Kier molecular flexibility index (Phi) is 13.4. The standard InChI is InChI=1S/C28H46N8O2/c1-6-7-8-9-10-11-12-13-14-15-19-36-34-26(32-35-36)25(31-33-28(29)38)27(37)30-24-22(20(2)3)17-16-18-23(24)21(4)5/h16-18,20-21H,6-15,19H2,1-5H3,(H,30,37)(H3,29,33,38)/b31-25+. The maximum absolute atomic E-state index is 13.4. The lowest BCUT2D eigenvalue weighted by Crippen LogP contribution is -2.32. The van der Waals surface area contributed by atoms with Crippen molar-refractivity contribution in [2.75, 3.05) is 5.32 Å². The molecule has 0 aliphatic rings. The van der Waals surface area contributed by atoms with Crippen LogP contribution < -0.4 is 16.5 Å². The SMILES string of the molecule is CCCCCCCCCCCCn1nnc(/C(=N\NC(N)=O)C(=O)Nc2c(C(C)C)cccc2C(C)C)n1. The number of nitrogens with zero attached hydrogens (tertiary/aromatic N) is 5. The van der Waals surface area contributed by atoms with Gasteiger partial charge < -0.3 is 11.1 Å². The molecule has 4 N–H and O–H groups in total. The number of nitrogens with one attached hydrogen (secondary N) is 2. The molecule has 1 aromatic heterocycles. The van der Waals surface area contributed by atoms with Gasteiger partial charge in [-0.15, -0.1) is 10.2 Å². The third kappa shape index (κ3) is 10.2. The molecule has 0 aliphatic heterocycles. The minimum Gasteiger partial charge on any atom is -0.350 e. The Morgan fingerprint density at radius 3 is 2.00 bits per heavy atom. The first-order chi connectivity index (χ1) is 18.2. The van der Waals surface area contributed by atoms with Crippen molar-refractivity contribution in [1.82, 2.24) is 25.6 Å². The molecule has 0 saturated carbocycles. The zero-order valence-electron chi connectivity index (χ0n) is 23.8. The maximum atomic E-state index is 13.4. The van der Waals surface area contributed by atoms with Crippen molar-refractivity contribution >= 4 is 23.3 Å². The molecule has 0 unspecified atom stereocenters. The van der Waals surface area contributed by atoms with Gasteiger partial charge >= 0.3 is 6.03 Å². The summed E-state index contributed by atoms with van der Waals surface area (Å²) < 4.78 is 0.